The largest absolute Gasteiger partial charge is 0.124 e. The first-order valence-corrected chi connectivity index (χ1v) is 12.7. The Bertz CT molecular complexity index is 1220. The van der Waals surface area contributed by atoms with Crippen molar-refractivity contribution in [1.29, 1.82) is 0 Å². The van der Waals surface area contributed by atoms with Crippen molar-refractivity contribution in [3.05, 3.63) is 72.3 Å². The number of fused-ring (bicyclic) bond motifs is 4. The number of rotatable bonds is 2. The molecule has 1 aliphatic heterocycles. The van der Waals surface area contributed by atoms with Gasteiger partial charge in [-0.3, -0.25) is 0 Å². The lowest BCUT2D eigenvalue weighted by Gasteiger charge is -2.45. The summed E-state index contributed by atoms with van der Waals surface area (Å²) in [5.74, 6) is 0. The van der Waals surface area contributed by atoms with Crippen LogP contribution in [-0.4, -0.2) is 8.07 Å². The minimum absolute atomic E-state index is 0.653. The van der Waals surface area contributed by atoms with Gasteiger partial charge in [-0.1, -0.05) is 93.9 Å². The first kappa shape index (κ1) is 17.7. The molecule has 0 spiro atoms. The van der Waals surface area contributed by atoms with Crippen molar-refractivity contribution in [2.75, 3.05) is 0 Å². The highest BCUT2D eigenvalue weighted by Crippen LogP contribution is 2.44. The van der Waals surface area contributed by atoms with E-state index in [2.05, 4.69) is 101 Å². The van der Waals surface area contributed by atoms with Crippen LogP contribution in [0.2, 0.25) is 11.1 Å². The van der Waals surface area contributed by atoms with Crippen LogP contribution in [0.25, 0.3) is 32.7 Å². The zero-order valence-electron chi connectivity index (χ0n) is 17.5. The van der Waals surface area contributed by atoms with Crippen molar-refractivity contribution >= 4 is 40.0 Å². The van der Waals surface area contributed by atoms with Gasteiger partial charge in [0.05, 0.1) is 0 Å². The molecular weight excluding hydrogens is 352 g/mol. The highest BCUT2D eigenvalue weighted by molar-refractivity contribution is 7.06. The van der Waals surface area contributed by atoms with Crippen molar-refractivity contribution in [3.8, 4) is 11.1 Å². The third-order valence-corrected chi connectivity index (χ3v) is 13.3. The Morgan fingerprint density at radius 1 is 0.643 bits per heavy atom. The molecule has 0 aliphatic carbocycles. The Morgan fingerprint density at radius 3 is 2.11 bits per heavy atom. The van der Waals surface area contributed by atoms with Crippen LogP contribution in [0.4, 0.5) is 0 Å². The Kier molecular flexibility index (Phi) is 3.83. The van der Waals surface area contributed by atoms with Crippen molar-refractivity contribution in [3.63, 3.8) is 0 Å². The molecule has 0 fully saturated rings. The van der Waals surface area contributed by atoms with Gasteiger partial charge in [0.1, 0.15) is 8.07 Å². The molecular formula is C27H28Si. The minimum atomic E-state index is -1.91. The molecule has 0 radical (unpaired) electrons. The molecule has 0 saturated heterocycles. The fourth-order valence-corrected chi connectivity index (χ4v) is 12.2. The molecule has 4 aromatic carbocycles. The zero-order valence-corrected chi connectivity index (χ0v) is 18.5. The predicted molar refractivity (Wildman–Crippen MR) is 127 cm³/mol. The summed E-state index contributed by atoms with van der Waals surface area (Å²) in [7, 11) is -1.91. The summed E-state index contributed by atoms with van der Waals surface area (Å²) >= 11 is 0. The van der Waals surface area contributed by atoms with E-state index in [4.69, 9.17) is 0 Å². The maximum absolute atomic E-state index is 2.46. The monoisotopic (exact) mass is 380 g/mol. The summed E-state index contributed by atoms with van der Waals surface area (Å²) in [6, 6.07) is 25.7. The second kappa shape index (κ2) is 6.06. The normalized spacial score (nSPS) is 14.8. The molecule has 28 heavy (non-hydrogen) atoms. The van der Waals surface area contributed by atoms with E-state index >= 15 is 0 Å². The van der Waals surface area contributed by atoms with Crippen LogP contribution in [0, 0.1) is 6.92 Å². The van der Waals surface area contributed by atoms with Gasteiger partial charge in [0.15, 0.2) is 0 Å². The molecule has 1 heteroatoms. The Balaban J connectivity index is 2.08. The van der Waals surface area contributed by atoms with E-state index in [1.807, 2.05) is 0 Å². The highest BCUT2D eigenvalue weighted by Gasteiger charge is 2.48. The standard InChI is InChI=1S/C27H28Si/c1-17(2)28(18(3)4)25-11-7-6-9-21(25)24-16-20-14-13-19(5)15-23(20)22-10-8-12-26(28)27(22)24/h6-18H,1-5H3. The fourth-order valence-electron chi connectivity index (χ4n) is 6.02. The lowest BCUT2D eigenvalue weighted by Crippen LogP contribution is -2.64. The van der Waals surface area contributed by atoms with E-state index < -0.39 is 8.07 Å². The fraction of sp³-hybridized carbons (Fsp3) is 0.259. The average molecular weight is 381 g/mol. The van der Waals surface area contributed by atoms with Crippen molar-refractivity contribution in [2.24, 2.45) is 0 Å². The predicted octanol–water partition coefficient (Wildman–Crippen LogP) is 6.66. The van der Waals surface area contributed by atoms with E-state index in [9.17, 15) is 0 Å². The van der Waals surface area contributed by atoms with Gasteiger partial charge in [-0.25, -0.2) is 0 Å². The quantitative estimate of drug-likeness (QED) is 0.269. The van der Waals surface area contributed by atoms with Gasteiger partial charge >= 0.3 is 0 Å². The number of benzene rings is 4. The molecule has 1 heterocycles. The summed E-state index contributed by atoms with van der Waals surface area (Å²) < 4.78 is 0. The van der Waals surface area contributed by atoms with Gasteiger partial charge in [-0.15, -0.1) is 0 Å². The topological polar surface area (TPSA) is 0 Å². The SMILES string of the molecule is Cc1ccc2cc3c4c(cccc4c2c1)[Si](C(C)C)(C(C)C)c1ccccc1-3. The maximum atomic E-state index is 2.46. The van der Waals surface area contributed by atoms with Gasteiger partial charge in [-0.05, 0) is 67.1 Å². The van der Waals surface area contributed by atoms with Crippen LogP contribution in [0.3, 0.4) is 0 Å². The summed E-state index contributed by atoms with van der Waals surface area (Å²) in [4.78, 5) is 0. The Morgan fingerprint density at radius 2 is 1.36 bits per heavy atom. The molecule has 0 atom stereocenters. The van der Waals surface area contributed by atoms with Crippen LogP contribution in [0.1, 0.15) is 33.3 Å². The van der Waals surface area contributed by atoms with Gasteiger partial charge in [0.2, 0.25) is 0 Å². The number of aryl methyl sites for hydroxylation is 1. The lowest BCUT2D eigenvalue weighted by molar-refractivity contribution is 0.928. The van der Waals surface area contributed by atoms with Gasteiger partial charge in [0, 0.05) is 0 Å². The molecule has 0 bridgehead atoms. The van der Waals surface area contributed by atoms with Crippen LogP contribution >= 0.6 is 0 Å². The summed E-state index contributed by atoms with van der Waals surface area (Å²) in [5, 5.41) is 8.98. The van der Waals surface area contributed by atoms with E-state index in [1.54, 1.807) is 10.4 Å². The smallest absolute Gasteiger partial charge is 0.0645 e. The van der Waals surface area contributed by atoms with Crippen LogP contribution in [-0.2, 0) is 0 Å². The molecule has 0 amide bonds. The highest BCUT2D eigenvalue weighted by atomic mass is 28.3. The minimum Gasteiger partial charge on any atom is -0.0645 e. The number of hydrogen-bond donors (Lipinski definition) is 0. The summed E-state index contributed by atoms with van der Waals surface area (Å²) in [6.45, 7) is 12.0. The van der Waals surface area contributed by atoms with Crippen LogP contribution in [0.5, 0.6) is 0 Å². The third kappa shape index (κ3) is 2.11. The van der Waals surface area contributed by atoms with Gasteiger partial charge in [0.25, 0.3) is 0 Å². The molecule has 0 aromatic heterocycles. The van der Waals surface area contributed by atoms with Crippen molar-refractivity contribution in [2.45, 2.75) is 45.7 Å². The molecule has 0 saturated carbocycles. The zero-order chi connectivity index (χ0) is 19.6. The molecule has 0 unspecified atom stereocenters. The van der Waals surface area contributed by atoms with Crippen LogP contribution < -0.4 is 10.4 Å². The molecule has 4 aromatic rings. The molecule has 0 N–H and O–H groups in total. The van der Waals surface area contributed by atoms with E-state index in [1.165, 1.54) is 38.2 Å². The molecule has 0 nitrogen and oxygen atoms in total. The maximum Gasteiger partial charge on any atom is 0.124 e. The lowest BCUT2D eigenvalue weighted by atomic mass is 9.92. The van der Waals surface area contributed by atoms with Gasteiger partial charge in [-0.2, -0.15) is 0 Å². The van der Waals surface area contributed by atoms with Crippen molar-refractivity contribution < 1.29 is 0 Å². The third-order valence-electron chi connectivity index (χ3n) is 7.06. The first-order chi connectivity index (χ1) is 13.5. The average Bonchev–Trinajstić information content (AvgIpc) is 2.68. The first-order valence-electron chi connectivity index (χ1n) is 10.5. The van der Waals surface area contributed by atoms with E-state index in [0.29, 0.717) is 11.1 Å². The summed E-state index contributed by atoms with van der Waals surface area (Å²) in [6.07, 6.45) is 0. The summed E-state index contributed by atoms with van der Waals surface area (Å²) in [5.41, 5.74) is 5.55. The van der Waals surface area contributed by atoms with E-state index in [0.717, 1.165) is 0 Å². The van der Waals surface area contributed by atoms with E-state index in [-0.39, 0.29) is 0 Å². The Hall–Kier alpha value is -2.38. The van der Waals surface area contributed by atoms with Gasteiger partial charge < -0.3 is 0 Å². The van der Waals surface area contributed by atoms with Crippen molar-refractivity contribution in [1.82, 2.24) is 0 Å². The Labute approximate surface area is 169 Å². The second-order valence-electron chi connectivity index (χ2n) is 9.10. The number of hydrogen-bond acceptors (Lipinski definition) is 0. The molecule has 140 valence electrons. The van der Waals surface area contributed by atoms with Crippen LogP contribution in [0.15, 0.2) is 66.7 Å². The second-order valence-corrected chi connectivity index (χ2v) is 14.2. The molecule has 1 aliphatic rings. The molecule has 5 rings (SSSR count).